The topological polar surface area (TPSA) is 142 Å². The van der Waals surface area contributed by atoms with Crippen molar-refractivity contribution in [2.24, 2.45) is 5.92 Å². The fraction of sp³-hybridized carbons (Fsp3) is 0.462. The summed E-state index contributed by atoms with van der Waals surface area (Å²) in [6.07, 6.45) is 2.50. The number of ether oxygens (including phenoxy) is 2. The van der Waals surface area contributed by atoms with Gasteiger partial charge in [-0.25, -0.2) is 0 Å². The van der Waals surface area contributed by atoms with Gasteiger partial charge in [-0.1, -0.05) is 13.8 Å². The number of hydrogen-bond acceptors (Lipinski definition) is 8. The van der Waals surface area contributed by atoms with Crippen LogP contribution in [-0.2, 0) is 22.7 Å². The number of hydrogen-bond donors (Lipinski definition) is 4. The molecule has 0 spiro atoms. The molecule has 202 valence electrons. The Kier molecular flexibility index (Phi) is 10.4. The molecule has 2 amide bonds. The summed E-state index contributed by atoms with van der Waals surface area (Å²) in [5, 5.41) is 32.9. The van der Waals surface area contributed by atoms with E-state index in [2.05, 4.69) is 27.9 Å². The van der Waals surface area contributed by atoms with E-state index in [1.54, 1.807) is 43.0 Å². The van der Waals surface area contributed by atoms with Gasteiger partial charge in [0, 0.05) is 36.6 Å². The van der Waals surface area contributed by atoms with Gasteiger partial charge < -0.3 is 39.4 Å². The Bertz CT molecular complexity index is 1100. The zero-order chi connectivity index (χ0) is 27.1. The number of aliphatic hydroxyl groups excluding tert-OH is 3. The molecule has 1 aliphatic rings. The Hall–Kier alpha value is -2.61. The molecule has 1 heterocycles. The van der Waals surface area contributed by atoms with E-state index in [1.807, 2.05) is 0 Å². The van der Waals surface area contributed by atoms with E-state index < -0.39 is 24.2 Å². The van der Waals surface area contributed by atoms with Crippen LogP contribution in [0.3, 0.4) is 0 Å². The molecule has 37 heavy (non-hydrogen) atoms. The highest BCUT2D eigenvalue weighted by Crippen LogP contribution is 2.37. The molecule has 0 unspecified atom stereocenters. The van der Waals surface area contributed by atoms with Gasteiger partial charge in [0.05, 0.1) is 42.5 Å². The minimum atomic E-state index is -1.18. The van der Waals surface area contributed by atoms with E-state index in [0.29, 0.717) is 26.2 Å². The molecular formula is C26H33IN2O8. The maximum atomic E-state index is 13.3. The lowest BCUT2D eigenvalue weighted by molar-refractivity contribution is -0.142. The molecule has 0 radical (unpaired) electrons. The summed E-state index contributed by atoms with van der Waals surface area (Å²) in [6, 6.07) is 4.33. The van der Waals surface area contributed by atoms with E-state index in [9.17, 15) is 19.8 Å². The monoisotopic (exact) mass is 628 g/mol. The normalized spacial score (nSPS) is 19.4. The van der Waals surface area contributed by atoms with E-state index in [0.717, 1.165) is 5.56 Å². The van der Waals surface area contributed by atoms with E-state index >= 15 is 0 Å². The number of carbonyl (C=O) groups excluding carboxylic acids is 2. The van der Waals surface area contributed by atoms with Gasteiger partial charge in [0.1, 0.15) is 12.2 Å². The molecule has 3 rings (SSSR count). The van der Waals surface area contributed by atoms with Crippen molar-refractivity contribution in [1.29, 1.82) is 0 Å². The van der Waals surface area contributed by atoms with Crippen molar-refractivity contribution in [3.8, 4) is 11.5 Å². The van der Waals surface area contributed by atoms with Crippen molar-refractivity contribution in [2.45, 2.75) is 51.7 Å². The van der Waals surface area contributed by atoms with Crippen molar-refractivity contribution in [2.75, 3.05) is 20.3 Å². The van der Waals surface area contributed by atoms with Crippen LogP contribution < -0.4 is 14.8 Å². The summed E-state index contributed by atoms with van der Waals surface area (Å²) in [5.41, 5.74) is 1.70. The molecular weight excluding hydrogens is 595 g/mol. The first kappa shape index (κ1) is 29.0. The van der Waals surface area contributed by atoms with Gasteiger partial charge in [0.2, 0.25) is 11.8 Å². The molecule has 3 atom stereocenters. The van der Waals surface area contributed by atoms with Gasteiger partial charge in [-0.2, -0.15) is 0 Å². The minimum Gasteiger partial charge on any atom is -0.493 e. The van der Waals surface area contributed by atoms with E-state index in [-0.39, 0.29) is 44.5 Å². The third-order valence-electron chi connectivity index (χ3n) is 6.05. The van der Waals surface area contributed by atoms with Crippen LogP contribution in [0.25, 0.3) is 0 Å². The van der Waals surface area contributed by atoms with Gasteiger partial charge in [-0.3, -0.25) is 9.59 Å². The first-order chi connectivity index (χ1) is 17.7. The summed E-state index contributed by atoms with van der Waals surface area (Å²) < 4.78 is 17.5. The summed E-state index contributed by atoms with van der Waals surface area (Å²) >= 11 is 2.05. The van der Waals surface area contributed by atoms with Crippen LogP contribution >= 0.6 is 22.6 Å². The van der Waals surface area contributed by atoms with Gasteiger partial charge in [0.25, 0.3) is 0 Å². The van der Waals surface area contributed by atoms with Crippen molar-refractivity contribution in [3.05, 3.63) is 57.1 Å². The number of amides is 2. The number of halogens is 1. The molecule has 0 fully saturated rings. The van der Waals surface area contributed by atoms with Crippen LogP contribution in [0, 0.1) is 9.49 Å². The molecule has 4 N–H and O–H groups in total. The molecule has 0 aliphatic heterocycles. The summed E-state index contributed by atoms with van der Waals surface area (Å²) in [6.45, 7) is 3.38. The number of methoxy groups -OCH3 is 1. The summed E-state index contributed by atoms with van der Waals surface area (Å²) in [4.78, 5) is 27.8. The third kappa shape index (κ3) is 7.03. The Morgan fingerprint density at radius 1 is 1.27 bits per heavy atom. The Morgan fingerprint density at radius 3 is 2.62 bits per heavy atom. The second-order valence-electron chi connectivity index (χ2n) is 9.04. The highest BCUT2D eigenvalue weighted by molar-refractivity contribution is 14.1. The van der Waals surface area contributed by atoms with Crippen molar-refractivity contribution in [3.63, 3.8) is 0 Å². The predicted octanol–water partition coefficient (Wildman–Crippen LogP) is 1.99. The number of furan rings is 1. The zero-order valence-corrected chi connectivity index (χ0v) is 23.2. The van der Waals surface area contributed by atoms with Crippen LogP contribution in [0.5, 0.6) is 11.5 Å². The highest BCUT2D eigenvalue weighted by atomic mass is 127. The number of aliphatic hydroxyl groups is 3. The maximum Gasteiger partial charge on any atom is 0.247 e. The number of nitrogens with one attached hydrogen (secondary N) is 1. The quantitative estimate of drug-likeness (QED) is 0.277. The van der Waals surface area contributed by atoms with Gasteiger partial charge in [0.15, 0.2) is 11.5 Å². The Labute approximate surface area is 229 Å². The minimum absolute atomic E-state index is 0.0624. The van der Waals surface area contributed by atoms with Crippen LogP contribution in [0.2, 0.25) is 0 Å². The van der Waals surface area contributed by atoms with Crippen molar-refractivity contribution < 1.29 is 38.8 Å². The number of carbonyl (C=O) groups is 2. The third-order valence-corrected chi connectivity index (χ3v) is 6.85. The van der Waals surface area contributed by atoms with E-state index in [1.165, 1.54) is 19.6 Å². The molecule has 1 aliphatic carbocycles. The predicted molar refractivity (Wildman–Crippen MR) is 143 cm³/mol. The fourth-order valence-corrected chi connectivity index (χ4v) is 4.96. The molecule has 11 heteroatoms. The van der Waals surface area contributed by atoms with Gasteiger partial charge in [-0.05, 0) is 52.4 Å². The molecule has 0 bridgehead atoms. The van der Waals surface area contributed by atoms with E-state index in [4.69, 9.17) is 19.0 Å². The second-order valence-corrected chi connectivity index (χ2v) is 10.2. The van der Waals surface area contributed by atoms with Crippen LogP contribution in [0.1, 0.15) is 31.4 Å². The number of nitrogens with zero attached hydrogens (tertiary/aromatic N) is 1. The number of rotatable bonds is 11. The lowest BCUT2D eigenvalue weighted by atomic mass is 9.87. The zero-order valence-electron chi connectivity index (χ0n) is 21.0. The standard InChI is InChI=1S/C26H33IN2O8/c1-15(2)26(34)29(12-16-4-7-36-14-16)20-10-18(25(33)28-5-6-30)11-21(23(20)32)37-24-19(27)8-17(13-31)9-22(24)35-3/h4,7-9,11,14-15,20-21,23,30-32H,5-6,10,12-13H2,1-3H3,(H,28,33)/t20-,21+,23+/m1/s1. The number of benzene rings is 1. The van der Waals surface area contributed by atoms with Gasteiger partial charge in [-0.15, -0.1) is 0 Å². The summed E-state index contributed by atoms with van der Waals surface area (Å²) in [7, 11) is 1.47. The highest BCUT2D eigenvalue weighted by Gasteiger charge is 2.41. The second kappa shape index (κ2) is 13.3. The molecule has 0 saturated carbocycles. The maximum absolute atomic E-state index is 13.3. The average molecular weight is 628 g/mol. The van der Waals surface area contributed by atoms with Gasteiger partial charge >= 0.3 is 0 Å². The lowest BCUT2D eigenvalue weighted by Crippen LogP contribution is -2.55. The summed E-state index contributed by atoms with van der Waals surface area (Å²) in [5.74, 6) is -0.271. The SMILES string of the molecule is COc1cc(CO)cc(I)c1O[C@H]1C=C(C(=O)NCCO)C[C@@H](N(Cc2ccoc2)C(=O)C(C)C)[C@@H]1O. The van der Waals surface area contributed by atoms with Crippen molar-refractivity contribution >= 4 is 34.4 Å². The first-order valence-electron chi connectivity index (χ1n) is 11.9. The van der Waals surface area contributed by atoms with Crippen LogP contribution in [-0.4, -0.2) is 70.5 Å². The molecule has 10 nitrogen and oxygen atoms in total. The average Bonchev–Trinajstić information content (AvgIpc) is 3.40. The molecule has 0 saturated heterocycles. The smallest absolute Gasteiger partial charge is 0.247 e. The molecule has 1 aromatic carbocycles. The van der Waals surface area contributed by atoms with Crippen LogP contribution in [0.15, 0.2) is 46.8 Å². The van der Waals surface area contributed by atoms with Crippen molar-refractivity contribution in [1.82, 2.24) is 10.2 Å². The largest absolute Gasteiger partial charge is 0.493 e. The fourth-order valence-electron chi connectivity index (χ4n) is 4.16. The first-order valence-corrected chi connectivity index (χ1v) is 13.0. The lowest BCUT2D eigenvalue weighted by Gasteiger charge is -2.41. The molecule has 1 aromatic heterocycles. The Morgan fingerprint density at radius 2 is 2.03 bits per heavy atom. The Balaban J connectivity index is 2.02. The molecule has 2 aromatic rings. The van der Waals surface area contributed by atoms with Crippen LogP contribution in [0.4, 0.5) is 0 Å².